The van der Waals surface area contributed by atoms with Crippen molar-refractivity contribution in [3.63, 3.8) is 0 Å². The van der Waals surface area contributed by atoms with Crippen LogP contribution in [0.5, 0.6) is 0 Å². The van der Waals surface area contributed by atoms with Gasteiger partial charge in [-0.05, 0) is 44.9 Å². The van der Waals surface area contributed by atoms with Crippen LogP contribution in [0.1, 0.15) is 48.7 Å². The van der Waals surface area contributed by atoms with Gasteiger partial charge in [0.15, 0.2) is 0 Å². The Morgan fingerprint density at radius 1 is 1.56 bits per heavy atom. The highest BCUT2D eigenvalue weighted by atomic mass is 32.1. The van der Waals surface area contributed by atoms with Crippen LogP contribution in [0.15, 0.2) is 0 Å². The molecule has 1 heterocycles. The van der Waals surface area contributed by atoms with Crippen LogP contribution in [0.3, 0.4) is 0 Å². The quantitative estimate of drug-likeness (QED) is 0.833. The second kappa shape index (κ2) is 6.64. The molecule has 2 N–H and O–H groups in total. The lowest BCUT2D eigenvalue weighted by molar-refractivity contribution is 0.276. The minimum absolute atomic E-state index is 0.287. The number of aliphatic hydroxyl groups is 1. The molecular formula is C14H24N2OS. The van der Waals surface area contributed by atoms with Gasteiger partial charge in [-0.15, -0.1) is 11.3 Å². The molecule has 0 aliphatic heterocycles. The number of thiazole rings is 1. The summed E-state index contributed by atoms with van der Waals surface area (Å²) in [5, 5.41) is 13.5. The fourth-order valence-electron chi connectivity index (χ4n) is 2.43. The maximum Gasteiger partial charge on any atom is 0.107 e. The van der Waals surface area contributed by atoms with E-state index in [0.29, 0.717) is 6.04 Å². The molecule has 2 rings (SSSR count). The van der Waals surface area contributed by atoms with Gasteiger partial charge in [-0.3, -0.25) is 0 Å². The maximum atomic E-state index is 8.80. The predicted molar refractivity (Wildman–Crippen MR) is 75.9 cm³/mol. The normalized spacial score (nSPS) is 20.7. The first kappa shape index (κ1) is 14.0. The van der Waals surface area contributed by atoms with E-state index in [0.717, 1.165) is 31.7 Å². The Kier molecular flexibility index (Phi) is 5.15. The minimum atomic E-state index is 0.287. The molecule has 1 aliphatic carbocycles. The lowest BCUT2D eigenvalue weighted by Crippen LogP contribution is -2.25. The predicted octanol–water partition coefficient (Wildman–Crippen LogP) is 2.52. The smallest absolute Gasteiger partial charge is 0.107 e. The van der Waals surface area contributed by atoms with Crippen molar-refractivity contribution in [2.75, 3.05) is 6.61 Å². The molecule has 1 aromatic rings. The number of hydrogen-bond acceptors (Lipinski definition) is 4. The molecule has 0 spiro atoms. The first-order valence-electron chi connectivity index (χ1n) is 7.00. The fourth-order valence-corrected chi connectivity index (χ4v) is 3.66. The summed E-state index contributed by atoms with van der Waals surface area (Å²) in [4.78, 5) is 6.25. The zero-order valence-electron chi connectivity index (χ0n) is 11.4. The van der Waals surface area contributed by atoms with Crippen molar-refractivity contribution in [1.29, 1.82) is 0 Å². The molecule has 0 bridgehead atoms. The zero-order valence-corrected chi connectivity index (χ0v) is 12.2. The SMILES string of the molecule is CC1CCc2nc(CNC(C)CCCO)sc2C1. The van der Waals surface area contributed by atoms with E-state index in [2.05, 4.69) is 19.2 Å². The summed E-state index contributed by atoms with van der Waals surface area (Å²) in [6.45, 7) is 5.66. The lowest BCUT2D eigenvalue weighted by atomic mass is 9.93. The van der Waals surface area contributed by atoms with Gasteiger partial charge in [-0.25, -0.2) is 4.98 Å². The summed E-state index contributed by atoms with van der Waals surface area (Å²) < 4.78 is 0. The Labute approximate surface area is 114 Å². The largest absolute Gasteiger partial charge is 0.396 e. The highest BCUT2D eigenvalue weighted by molar-refractivity contribution is 7.11. The molecule has 3 nitrogen and oxygen atoms in total. The van der Waals surface area contributed by atoms with Gasteiger partial charge in [-0.1, -0.05) is 6.92 Å². The molecule has 0 fully saturated rings. The van der Waals surface area contributed by atoms with Gasteiger partial charge in [0.2, 0.25) is 0 Å². The van der Waals surface area contributed by atoms with Gasteiger partial charge < -0.3 is 10.4 Å². The second-order valence-electron chi connectivity index (χ2n) is 5.47. The molecular weight excluding hydrogens is 244 g/mol. The summed E-state index contributed by atoms with van der Waals surface area (Å²) in [6, 6.07) is 0.456. The number of fused-ring (bicyclic) bond motifs is 1. The molecule has 0 saturated carbocycles. The van der Waals surface area contributed by atoms with Gasteiger partial charge in [-0.2, -0.15) is 0 Å². The molecule has 4 heteroatoms. The van der Waals surface area contributed by atoms with Crippen LogP contribution in [-0.4, -0.2) is 22.7 Å². The van der Waals surface area contributed by atoms with Crippen molar-refractivity contribution < 1.29 is 5.11 Å². The third-order valence-electron chi connectivity index (χ3n) is 3.63. The summed E-state index contributed by atoms with van der Waals surface area (Å²) in [5.41, 5.74) is 1.35. The van der Waals surface area contributed by atoms with Crippen molar-refractivity contribution >= 4 is 11.3 Å². The molecule has 102 valence electrons. The van der Waals surface area contributed by atoms with E-state index >= 15 is 0 Å². The molecule has 1 aromatic heterocycles. The minimum Gasteiger partial charge on any atom is -0.396 e. The third-order valence-corrected chi connectivity index (χ3v) is 4.75. The van der Waals surface area contributed by atoms with E-state index in [1.165, 1.54) is 28.4 Å². The number of nitrogens with one attached hydrogen (secondary N) is 1. The van der Waals surface area contributed by atoms with Crippen molar-refractivity contribution in [2.45, 2.75) is 58.5 Å². The molecule has 0 aromatic carbocycles. The number of rotatable bonds is 6. The van der Waals surface area contributed by atoms with Crippen molar-refractivity contribution in [3.05, 3.63) is 15.6 Å². The van der Waals surface area contributed by atoms with E-state index in [1.807, 2.05) is 11.3 Å². The average Bonchev–Trinajstić information content (AvgIpc) is 2.75. The van der Waals surface area contributed by atoms with E-state index in [-0.39, 0.29) is 6.61 Å². The number of aryl methyl sites for hydroxylation is 1. The Balaban J connectivity index is 1.83. The lowest BCUT2D eigenvalue weighted by Gasteiger charge is -2.15. The Bertz CT molecular complexity index is 378. The Hall–Kier alpha value is -0.450. The molecule has 2 atom stereocenters. The fraction of sp³-hybridized carbons (Fsp3) is 0.786. The van der Waals surface area contributed by atoms with E-state index < -0.39 is 0 Å². The first-order valence-corrected chi connectivity index (χ1v) is 7.82. The van der Waals surface area contributed by atoms with E-state index in [1.54, 1.807) is 0 Å². The van der Waals surface area contributed by atoms with Crippen LogP contribution in [0.25, 0.3) is 0 Å². The number of aromatic nitrogens is 1. The zero-order chi connectivity index (χ0) is 13.0. The van der Waals surface area contributed by atoms with Crippen LogP contribution in [0.2, 0.25) is 0 Å². The number of aliphatic hydroxyl groups excluding tert-OH is 1. The Morgan fingerprint density at radius 2 is 2.39 bits per heavy atom. The number of nitrogens with zero attached hydrogens (tertiary/aromatic N) is 1. The monoisotopic (exact) mass is 268 g/mol. The third kappa shape index (κ3) is 3.77. The van der Waals surface area contributed by atoms with Crippen LogP contribution in [0.4, 0.5) is 0 Å². The molecule has 0 amide bonds. The maximum absolute atomic E-state index is 8.80. The average molecular weight is 268 g/mol. The molecule has 0 saturated heterocycles. The highest BCUT2D eigenvalue weighted by Gasteiger charge is 2.19. The van der Waals surface area contributed by atoms with Gasteiger partial charge in [0, 0.05) is 24.1 Å². The van der Waals surface area contributed by atoms with E-state index in [4.69, 9.17) is 10.1 Å². The van der Waals surface area contributed by atoms with Crippen LogP contribution in [0, 0.1) is 5.92 Å². The van der Waals surface area contributed by atoms with Crippen molar-refractivity contribution in [1.82, 2.24) is 10.3 Å². The Morgan fingerprint density at radius 3 is 3.17 bits per heavy atom. The summed E-state index contributed by atoms with van der Waals surface area (Å²) in [7, 11) is 0. The van der Waals surface area contributed by atoms with E-state index in [9.17, 15) is 0 Å². The van der Waals surface area contributed by atoms with Gasteiger partial charge in [0.1, 0.15) is 5.01 Å². The summed E-state index contributed by atoms with van der Waals surface area (Å²) in [6.07, 6.45) is 5.56. The molecule has 2 unspecified atom stereocenters. The highest BCUT2D eigenvalue weighted by Crippen LogP contribution is 2.29. The first-order chi connectivity index (χ1) is 8.69. The summed E-state index contributed by atoms with van der Waals surface area (Å²) >= 11 is 1.88. The summed E-state index contributed by atoms with van der Waals surface area (Å²) in [5.74, 6) is 0.822. The number of hydrogen-bond donors (Lipinski definition) is 2. The van der Waals surface area contributed by atoms with Crippen molar-refractivity contribution in [2.24, 2.45) is 5.92 Å². The molecule has 0 radical (unpaired) electrons. The topological polar surface area (TPSA) is 45.2 Å². The standard InChI is InChI=1S/C14H24N2OS/c1-10-5-6-12-13(8-10)18-14(16-12)9-15-11(2)4-3-7-17/h10-11,15,17H,3-9H2,1-2H3. The van der Waals surface area contributed by atoms with Crippen LogP contribution < -0.4 is 5.32 Å². The van der Waals surface area contributed by atoms with Gasteiger partial charge >= 0.3 is 0 Å². The van der Waals surface area contributed by atoms with Gasteiger partial charge in [0.05, 0.1) is 5.69 Å². The van der Waals surface area contributed by atoms with Crippen molar-refractivity contribution in [3.8, 4) is 0 Å². The molecule has 18 heavy (non-hydrogen) atoms. The second-order valence-corrected chi connectivity index (χ2v) is 6.64. The molecule has 1 aliphatic rings. The van der Waals surface area contributed by atoms with Gasteiger partial charge in [0.25, 0.3) is 0 Å². The van der Waals surface area contributed by atoms with Crippen LogP contribution >= 0.6 is 11.3 Å². The van der Waals surface area contributed by atoms with Crippen LogP contribution in [-0.2, 0) is 19.4 Å².